The van der Waals surface area contributed by atoms with E-state index in [9.17, 15) is 44.4 Å². The summed E-state index contributed by atoms with van der Waals surface area (Å²) in [4.78, 5) is 63.5. The number of Topliss-reactive ketones (excluding diaryl/α,β-unsaturated/α-hetero) is 1. The summed E-state index contributed by atoms with van der Waals surface area (Å²) in [6, 6.07) is 5.24. The molecule has 0 saturated carbocycles. The zero-order valence-corrected chi connectivity index (χ0v) is 21.4. The molecule has 3 aromatic rings. The number of phenols is 3. The SMILES string of the molecule is COc1c2c(c(O)c3c1C(OC(C)=O)Cc1cc(CC(C)=O)c(C(=O)O)c(O)c1-3)C(=O)c1cccc(O)c1C2=O. The van der Waals surface area contributed by atoms with E-state index in [-0.39, 0.29) is 68.9 Å². The van der Waals surface area contributed by atoms with Gasteiger partial charge in [-0.05, 0) is 24.1 Å². The molecular weight excluding hydrogens is 524 g/mol. The number of rotatable bonds is 5. The number of aromatic hydroxyl groups is 3. The second-order valence-corrected chi connectivity index (χ2v) is 9.56. The minimum absolute atomic E-state index is 0.00125. The highest BCUT2D eigenvalue weighted by Crippen LogP contribution is 2.57. The van der Waals surface area contributed by atoms with Crippen LogP contribution in [-0.4, -0.2) is 56.8 Å². The summed E-state index contributed by atoms with van der Waals surface area (Å²) in [5.74, 6) is -6.60. The molecule has 0 heterocycles. The smallest absolute Gasteiger partial charge is 0.339 e. The van der Waals surface area contributed by atoms with E-state index in [1.165, 1.54) is 38.3 Å². The van der Waals surface area contributed by atoms with Crippen molar-refractivity contribution in [2.45, 2.75) is 32.8 Å². The van der Waals surface area contributed by atoms with Crippen LogP contribution in [0.15, 0.2) is 24.3 Å². The van der Waals surface area contributed by atoms with E-state index in [0.717, 1.165) is 6.92 Å². The molecule has 0 saturated heterocycles. The number of aromatic carboxylic acids is 1. The van der Waals surface area contributed by atoms with Gasteiger partial charge in [0, 0.05) is 42.0 Å². The lowest BCUT2D eigenvalue weighted by Crippen LogP contribution is -2.26. The molecule has 2 aliphatic carbocycles. The van der Waals surface area contributed by atoms with Crippen LogP contribution in [0.1, 0.15) is 78.8 Å². The number of ether oxygens (including phenoxy) is 2. The van der Waals surface area contributed by atoms with Crippen LogP contribution < -0.4 is 4.74 Å². The van der Waals surface area contributed by atoms with Gasteiger partial charge in [0.15, 0.2) is 5.78 Å². The van der Waals surface area contributed by atoms with Crippen molar-refractivity contribution in [2.75, 3.05) is 7.11 Å². The molecule has 11 nitrogen and oxygen atoms in total. The summed E-state index contributed by atoms with van der Waals surface area (Å²) in [7, 11) is 1.18. The third-order valence-corrected chi connectivity index (χ3v) is 7.04. The largest absolute Gasteiger partial charge is 0.507 e. The van der Waals surface area contributed by atoms with Crippen molar-refractivity contribution in [3.05, 3.63) is 68.8 Å². The lowest BCUT2D eigenvalue weighted by Gasteiger charge is -2.33. The van der Waals surface area contributed by atoms with Crippen LogP contribution in [0.3, 0.4) is 0 Å². The van der Waals surface area contributed by atoms with Crippen LogP contribution in [0, 0.1) is 0 Å². The van der Waals surface area contributed by atoms with Crippen molar-refractivity contribution in [2.24, 2.45) is 0 Å². The highest BCUT2D eigenvalue weighted by molar-refractivity contribution is 6.32. The number of carboxylic acids is 1. The van der Waals surface area contributed by atoms with E-state index in [2.05, 4.69) is 0 Å². The number of hydrogen-bond acceptors (Lipinski definition) is 10. The molecule has 0 bridgehead atoms. The van der Waals surface area contributed by atoms with E-state index in [4.69, 9.17) is 9.47 Å². The lowest BCUT2D eigenvalue weighted by atomic mass is 9.74. The number of fused-ring (bicyclic) bond motifs is 5. The first-order chi connectivity index (χ1) is 18.9. The Bertz CT molecular complexity index is 1710. The number of carboxylic acid groups (broad SMARTS) is 1. The van der Waals surface area contributed by atoms with Crippen LogP contribution in [0.5, 0.6) is 23.0 Å². The Hall–Kier alpha value is -5.19. The summed E-state index contributed by atoms with van der Waals surface area (Å²) in [6.45, 7) is 2.38. The number of carbonyl (C=O) groups is 5. The average molecular weight is 546 g/mol. The van der Waals surface area contributed by atoms with Crippen molar-refractivity contribution < 1.29 is 53.9 Å². The third kappa shape index (κ3) is 3.69. The lowest BCUT2D eigenvalue weighted by molar-refractivity contribution is -0.146. The Morgan fingerprint density at radius 3 is 2.23 bits per heavy atom. The average Bonchev–Trinajstić information content (AvgIpc) is 2.86. The number of benzene rings is 3. The fourth-order valence-electron chi connectivity index (χ4n) is 5.64. The highest BCUT2D eigenvalue weighted by atomic mass is 16.5. The Morgan fingerprint density at radius 1 is 0.925 bits per heavy atom. The quantitative estimate of drug-likeness (QED) is 0.269. The Labute approximate surface area is 226 Å². The molecule has 0 radical (unpaired) electrons. The van der Waals surface area contributed by atoms with Crippen molar-refractivity contribution in [3.63, 3.8) is 0 Å². The molecule has 1 atom stereocenters. The first-order valence-corrected chi connectivity index (χ1v) is 12.0. The fraction of sp³-hybridized carbons (Fsp3) is 0.207. The van der Waals surface area contributed by atoms with Gasteiger partial charge in [0.05, 0.1) is 23.8 Å². The molecule has 11 heteroatoms. The van der Waals surface area contributed by atoms with Crippen LogP contribution >= 0.6 is 0 Å². The van der Waals surface area contributed by atoms with Gasteiger partial charge in [-0.15, -0.1) is 0 Å². The number of carbonyl (C=O) groups excluding carboxylic acids is 4. The Balaban J connectivity index is 1.94. The summed E-state index contributed by atoms with van der Waals surface area (Å²) in [5, 5.41) is 43.2. The number of methoxy groups -OCH3 is 1. The summed E-state index contributed by atoms with van der Waals surface area (Å²) in [5.41, 5.74) is -2.24. The predicted octanol–water partition coefficient (Wildman–Crippen LogP) is 3.24. The Morgan fingerprint density at radius 2 is 1.62 bits per heavy atom. The van der Waals surface area contributed by atoms with Gasteiger partial charge in [0.25, 0.3) is 0 Å². The molecule has 5 rings (SSSR count). The molecule has 40 heavy (non-hydrogen) atoms. The number of ketones is 3. The normalized spacial score (nSPS) is 14.9. The maximum absolute atomic E-state index is 13.7. The van der Waals surface area contributed by atoms with Crippen LogP contribution in [0.2, 0.25) is 0 Å². The van der Waals surface area contributed by atoms with Crippen LogP contribution in [-0.2, 0) is 27.2 Å². The number of hydrogen-bond donors (Lipinski definition) is 4. The predicted molar refractivity (Wildman–Crippen MR) is 136 cm³/mol. The zero-order chi connectivity index (χ0) is 29.2. The van der Waals surface area contributed by atoms with Gasteiger partial charge >= 0.3 is 11.9 Å². The minimum Gasteiger partial charge on any atom is -0.507 e. The second kappa shape index (κ2) is 9.23. The standard InChI is InChI=1S/C29H22O11/c1-10(30)7-12-8-13-9-16(40-11(2)31)20-21(17(13)25(34)18(12)29(37)38)27(36)22-23(28(20)39-3)26(35)19-14(24(22)33)5-4-6-15(19)32/h4-6,8,16,32,34,36H,7,9H2,1-3H3,(H,37,38). The summed E-state index contributed by atoms with van der Waals surface area (Å²) < 4.78 is 11.1. The van der Waals surface area contributed by atoms with Gasteiger partial charge in [-0.3, -0.25) is 19.2 Å². The molecular formula is C29H22O11. The first kappa shape index (κ1) is 26.4. The molecule has 0 amide bonds. The van der Waals surface area contributed by atoms with Crippen molar-refractivity contribution in [1.82, 2.24) is 0 Å². The van der Waals surface area contributed by atoms with Gasteiger partial charge < -0.3 is 29.9 Å². The van der Waals surface area contributed by atoms with Gasteiger partial charge in [-0.1, -0.05) is 18.2 Å². The van der Waals surface area contributed by atoms with E-state index in [1.54, 1.807) is 0 Å². The molecule has 204 valence electrons. The van der Waals surface area contributed by atoms with Gasteiger partial charge in [-0.2, -0.15) is 0 Å². The number of phenolic OH excluding ortho intramolecular Hbond substituents is 2. The molecule has 0 fully saturated rings. The Kier molecular flexibility index (Phi) is 6.09. The second-order valence-electron chi connectivity index (χ2n) is 9.56. The highest BCUT2D eigenvalue weighted by Gasteiger charge is 2.44. The van der Waals surface area contributed by atoms with E-state index < -0.39 is 58.0 Å². The zero-order valence-electron chi connectivity index (χ0n) is 21.4. The van der Waals surface area contributed by atoms with Gasteiger partial charge in [0.2, 0.25) is 5.78 Å². The molecule has 2 aliphatic rings. The first-order valence-electron chi connectivity index (χ1n) is 12.0. The maximum Gasteiger partial charge on any atom is 0.339 e. The summed E-state index contributed by atoms with van der Waals surface area (Å²) in [6.07, 6.45) is -1.68. The monoisotopic (exact) mass is 546 g/mol. The minimum atomic E-state index is -1.54. The van der Waals surface area contributed by atoms with Crippen molar-refractivity contribution >= 4 is 29.3 Å². The number of esters is 1. The van der Waals surface area contributed by atoms with Crippen LogP contribution in [0.25, 0.3) is 11.1 Å². The molecule has 0 aliphatic heterocycles. The molecule has 0 aromatic heterocycles. The van der Waals surface area contributed by atoms with Crippen LogP contribution in [0.4, 0.5) is 0 Å². The molecule has 1 unspecified atom stereocenters. The third-order valence-electron chi connectivity index (χ3n) is 7.04. The van der Waals surface area contributed by atoms with Crippen molar-refractivity contribution in [3.8, 4) is 34.1 Å². The van der Waals surface area contributed by atoms with E-state index in [0.29, 0.717) is 0 Å². The van der Waals surface area contributed by atoms with E-state index >= 15 is 0 Å². The molecule has 4 N–H and O–H groups in total. The van der Waals surface area contributed by atoms with Gasteiger partial charge in [0.1, 0.15) is 40.4 Å². The summed E-state index contributed by atoms with van der Waals surface area (Å²) >= 11 is 0. The molecule has 3 aromatic carbocycles. The van der Waals surface area contributed by atoms with Gasteiger partial charge in [-0.25, -0.2) is 4.79 Å². The molecule has 0 spiro atoms. The van der Waals surface area contributed by atoms with Crippen molar-refractivity contribution in [1.29, 1.82) is 0 Å². The fourth-order valence-corrected chi connectivity index (χ4v) is 5.64. The maximum atomic E-state index is 13.7. The van der Waals surface area contributed by atoms with E-state index in [1.807, 2.05) is 0 Å². The topological polar surface area (TPSA) is 185 Å².